The van der Waals surface area contributed by atoms with Crippen LogP contribution in [0.4, 0.5) is 27.6 Å². The van der Waals surface area contributed by atoms with Crippen LogP contribution >= 0.6 is 0 Å². The van der Waals surface area contributed by atoms with E-state index in [1.54, 1.807) is 0 Å². The SMILES string of the molecule is Nc1c(C=O)cnc(C(F)F)c1OC(F)(F)F. The number of aromatic nitrogens is 1. The molecule has 0 atom stereocenters. The number of hydrogen-bond acceptors (Lipinski definition) is 4. The smallest absolute Gasteiger partial charge is 0.401 e. The van der Waals surface area contributed by atoms with Crippen molar-refractivity contribution in [3.63, 3.8) is 0 Å². The Bertz CT molecular complexity index is 433. The number of alkyl halides is 5. The van der Waals surface area contributed by atoms with Crippen molar-refractivity contribution in [1.82, 2.24) is 4.98 Å². The molecule has 0 amide bonds. The van der Waals surface area contributed by atoms with E-state index in [1.165, 1.54) is 0 Å². The Kier molecular flexibility index (Phi) is 3.49. The van der Waals surface area contributed by atoms with Gasteiger partial charge >= 0.3 is 6.36 Å². The van der Waals surface area contributed by atoms with Gasteiger partial charge in [0.1, 0.15) is 0 Å². The zero-order chi connectivity index (χ0) is 13.2. The summed E-state index contributed by atoms with van der Waals surface area (Å²) in [6.07, 6.45) is -7.79. The molecule has 0 radical (unpaired) electrons. The molecule has 2 N–H and O–H groups in total. The highest BCUT2D eigenvalue weighted by Gasteiger charge is 2.35. The second-order valence-corrected chi connectivity index (χ2v) is 2.81. The molecule has 0 aliphatic carbocycles. The summed E-state index contributed by atoms with van der Waals surface area (Å²) in [7, 11) is 0. The van der Waals surface area contributed by atoms with E-state index in [4.69, 9.17) is 5.73 Å². The van der Waals surface area contributed by atoms with Crippen molar-refractivity contribution in [3.8, 4) is 5.75 Å². The van der Waals surface area contributed by atoms with Crippen LogP contribution in [0, 0.1) is 0 Å². The molecule has 0 fully saturated rings. The Labute approximate surface area is 91.2 Å². The molecule has 1 aromatic heterocycles. The van der Waals surface area contributed by atoms with Crippen LogP contribution in [0.1, 0.15) is 22.5 Å². The summed E-state index contributed by atoms with van der Waals surface area (Å²) in [4.78, 5) is 13.4. The lowest BCUT2D eigenvalue weighted by molar-refractivity contribution is -0.275. The Morgan fingerprint density at radius 1 is 1.41 bits per heavy atom. The quantitative estimate of drug-likeness (QED) is 0.665. The van der Waals surface area contributed by atoms with Gasteiger partial charge in [-0.2, -0.15) is 0 Å². The van der Waals surface area contributed by atoms with Crippen molar-refractivity contribution < 1.29 is 31.5 Å². The fourth-order valence-electron chi connectivity index (χ4n) is 1.01. The van der Waals surface area contributed by atoms with Gasteiger partial charge < -0.3 is 10.5 Å². The van der Waals surface area contributed by atoms with E-state index in [9.17, 15) is 26.7 Å². The number of pyridine rings is 1. The molecule has 4 nitrogen and oxygen atoms in total. The number of rotatable bonds is 3. The number of carbonyl (C=O) groups excluding carboxylic acids is 1. The molecule has 0 spiro atoms. The lowest BCUT2D eigenvalue weighted by atomic mass is 10.2. The van der Waals surface area contributed by atoms with Gasteiger partial charge in [-0.25, -0.2) is 8.78 Å². The first kappa shape index (κ1) is 13.1. The predicted octanol–water partition coefficient (Wildman–Crippen LogP) is 2.31. The van der Waals surface area contributed by atoms with Gasteiger partial charge in [0, 0.05) is 6.20 Å². The van der Waals surface area contributed by atoms with E-state index in [2.05, 4.69) is 9.72 Å². The zero-order valence-electron chi connectivity index (χ0n) is 7.96. The van der Waals surface area contributed by atoms with Crippen molar-refractivity contribution in [2.24, 2.45) is 0 Å². The molecule has 0 bridgehead atoms. The molecule has 9 heteroatoms. The molecule has 1 aromatic rings. The standard InChI is InChI=1S/C8H5F5N2O2/c9-7(10)5-6(17-8(11,12)13)4(14)3(2-16)1-15-5/h1-2,7H,(H2,14,15). The summed E-state index contributed by atoms with van der Waals surface area (Å²) in [5.41, 5.74) is 2.54. The molecule has 0 aliphatic heterocycles. The van der Waals surface area contributed by atoms with E-state index in [-0.39, 0.29) is 6.29 Å². The Morgan fingerprint density at radius 3 is 2.41 bits per heavy atom. The van der Waals surface area contributed by atoms with Gasteiger partial charge in [-0.3, -0.25) is 9.78 Å². The van der Waals surface area contributed by atoms with Gasteiger partial charge in [-0.05, 0) is 0 Å². The van der Waals surface area contributed by atoms with E-state index in [0.29, 0.717) is 6.20 Å². The third-order valence-electron chi connectivity index (χ3n) is 1.68. The number of ether oxygens (including phenoxy) is 1. The molecule has 1 heterocycles. The molecule has 0 saturated heterocycles. The fraction of sp³-hybridized carbons (Fsp3) is 0.250. The number of nitrogens with two attached hydrogens (primary N) is 1. The van der Waals surface area contributed by atoms with Crippen LogP contribution in [0.2, 0.25) is 0 Å². The van der Waals surface area contributed by atoms with Crippen LogP contribution in [-0.4, -0.2) is 17.6 Å². The third-order valence-corrected chi connectivity index (χ3v) is 1.68. The van der Waals surface area contributed by atoms with Crippen LogP contribution in [0.25, 0.3) is 0 Å². The van der Waals surface area contributed by atoms with E-state index < -0.39 is 35.5 Å². The van der Waals surface area contributed by atoms with Gasteiger partial charge in [0.05, 0.1) is 11.3 Å². The van der Waals surface area contributed by atoms with E-state index >= 15 is 0 Å². The monoisotopic (exact) mass is 256 g/mol. The van der Waals surface area contributed by atoms with Gasteiger partial charge in [-0.15, -0.1) is 13.2 Å². The number of aldehydes is 1. The molecule has 0 aliphatic rings. The molecule has 94 valence electrons. The summed E-state index contributed by atoms with van der Waals surface area (Å²) in [6.45, 7) is 0. The van der Waals surface area contributed by atoms with Crippen molar-refractivity contribution in [2.75, 3.05) is 5.73 Å². The van der Waals surface area contributed by atoms with Crippen molar-refractivity contribution in [2.45, 2.75) is 12.8 Å². The summed E-state index contributed by atoms with van der Waals surface area (Å²) < 4.78 is 64.0. The number of hydrogen-bond donors (Lipinski definition) is 1. The van der Waals surface area contributed by atoms with Crippen LogP contribution in [0.5, 0.6) is 5.75 Å². The maximum atomic E-state index is 12.4. The maximum absolute atomic E-state index is 12.4. The topological polar surface area (TPSA) is 65.2 Å². The average molecular weight is 256 g/mol. The lowest BCUT2D eigenvalue weighted by Crippen LogP contribution is -2.20. The van der Waals surface area contributed by atoms with Crippen LogP contribution in [0.15, 0.2) is 6.20 Å². The molecule has 0 saturated carbocycles. The summed E-state index contributed by atoms with van der Waals surface area (Å²) >= 11 is 0. The number of halogens is 5. The minimum Gasteiger partial charge on any atom is -0.401 e. The Morgan fingerprint density at radius 2 is 2.00 bits per heavy atom. The van der Waals surface area contributed by atoms with Crippen molar-refractivity contribution >= 4 is 12.0 Å². The fourth-order valence-corrected chi connectivity index (χ4v) is 1.01. The normalized spacial score (nSPS) is 11.6. The largest absolute Gasteiger partial charge is 0.573 e. The second-order valence-electron chi connectivity index (χ2n) is 2.81. The molecular formula is C8H5F5N2O2. The van der Waals surface area contributed by atoms with Gasteiger partial charge in [0.2, 0.25) is 0 Å². The Balaban J connectivity index is 3.35. The highest BCUT2D eigenvalue weighted by Crippen LogP contribution is 2.37. The average Bonchev–Trinajstić information content (AvgIpc) is 2.18. The van der Waals surface area contributed by atoms with Crippen LogP contribution in [-0.2, 0) is 0 Å². The second kappa shape index (κ2) is 4.52. The number of carbonyl (C=O) groups is 1. The highest BCUT2D eigenvalue weighted by atomic mass is 19.4. The third kappa shape index (κ3) is 3.02. The minimum atomic E-state index is -5.21. The highest BCUT2D eigenvalue weighted by molar-refractivity contribution is 5.85. The summed E-state index contributed by atoms with van der Waals surface area (Å²) in [5, 5.41) is 0. The summed E-state index contributed by atoms with van der Waals surface area (Å²) in [6, 6.07) is 0. The first-order valence-electron chi connectivity index (χ1n) is 4.03. The van der Waals surface area contributed by atoms with Crippen molar-refractivity contribution in [1.29, 1.82) is 0 Å². The number of anilines is 1. The molecule has 0 aromatic carbocycles. The van der Waals surface area contributed by atoms with Gasteiger partial charge in [-0.1, -0.05) is 0 Å². The molecule has 17 heavy (non-hydrogen) atoms. The minimum absolute atomic E-state index is 0.0841. The number of nitrogen functional groups attached to an aromatic ring is 1. The lowest BCUT2D eigenvalue weighted by Gasteiger charge is -2.14. The maximum Gasteiger partial charge on any atom is 0.573 e. The first-order valence-corrected chi connectivity index (χ1v) is 4.03. The summed E-state index contributed by atoms with van der Waals surface area (Å²) in [5.74, 6) is -1.35. The number of nitrogens with zero attached hydrogens (tertiary/aromatic N) is 1. The van der Waals surface area contributed by atoms with Crippen LogP contribution in [0.3, 0.4) is 0 Å². The van der Waals surface area contributed by atoms with Gasteiger partial charge in [0.15, 0.2) is 17.7 Å². The van der Waals surface area contributed by atoms with E-state index in [1.807, 2.05) is 0 Å². The van der Waals surface area contributed by atoms with Crippen LogP contribution < -0.4 is 10.5 Å². The van der Waals surface area contributed by atoms with Gasteiger partial charge in [0.25, 0.3) is 6.43 Å². The molecular weight excluding hydrogens is 251 g/mol. The molecule has 1 rings (SSSR count). The zero-order valence-corrected chi connectivity index (χ0v) is 7.96. The van der Waals surface area contributed by atoms with E-state index in [0.717, 1.165) is 0 Å². The first-order chi connectivity index (χ1) is 7.76. The Hall–Kier alpha value is -1.93. The van der Waals surface area contributed by atoms with Crippen molar-refractivity contribution in [3.05, 3.63) is 17.5 Å². The predicted molar refractivity (Wildman–Crippen MR) is 45.7 cm³/mol. The molecule has 0 unspecified atom stereocenters.